The van der Waals surface area contributed by atoms with Crippen LogP contribution in [0, 0.1) is 5.82 Å². The first-order valence-corrected chi connectivity index (χ1v) is 7.99. The van der Waals surface area contributed by atoms with Crippen LogP contribution >= 0.6 is 11.6 Å². The van der Waals surface area contributed by atoms with Gasteiger partial charge in [-0.1, -0.05) is 17.7 Å². The van der Waals surface area contributed by atoms with Crippen molar-refractivity contribution in [2.75, 3.05) is 6.54 Å². The summed E-state index contributed by atoms with van der Waals surface area (Å²) >= 11 is 5.96. The summed E-state index contributed by atoms with van der Waals surface area (Å²) in [6.07, 6.45) is 4.33. The summed E-state index contributed by atoms with van der Waals surface area (Å²) in [6.45, 7) is 2.59. The third-order valence-electron chi connectivity index (χ3n) is 4.67. The predicted octanol–water partition coefficient (Wildman–Crippen LogP) is 3.22. The molecule has 0 aliphatic carbocycles. The van der Waals surface area contributed by atoms with Crippen LogP contribution in [0.1, 0.15) is 43.0 Å². The fraction of sp³-hybridized carbons (Fsp3) is 0.562. The molecule has 1 N–H and O–H groups in total. The number of rotatable bonds is 3. The molecule has 114 valence electrons. The first kappa shape index (κ1) is 14.8. The van der Waals surface area contributed by atoms with Crippen LogP contribution in [0.2, 0.25) is 5.02 Å². The molecule has 21 heavy (non-hydrogen) atoms. The maximum atomic E-state index is 13.6. The highest BCUT2D eigenvalue weighted by Crippen LogP contribution is 2.31. The lowest BCUT2D eigenvalue weighted by molar-refractivity contribution is 0.0631. The molecule has 5 heteroatoms. The summed E-state index contributed by atoms with van der Waals surface area (Å²) in [5.74, 6) is -0.697. The van der Waals surface area contributed by atoms with Gasteiger partial charge in [0.2, 0.25) is 0 Å². The van der Waals surface area contributed by atoms with Crippen LogP contribution in [0.25, 0.3) is 0 Å². The Hall–Kier alpha value is -1.13. The Kier molecular flexibility index (Phi) is 4.18. The lowest BCUT2D eigenvalue weighted by Gasteiger charge is -2.37. The van der Waals surface area contributed by atoms with Crippen LogP contribution in [-0.4, -0.2) is 35.5 Å². The van der Waals surface area contributed by atoms with E-state index in [0.29, 0.717) is 18.6 Å². The van der Waals surface area contributed by atoms with Crippen LogP contribution in [0.5, 0.6) is 0 Å². The monoisotopic (exact) mass is 310 g/mol. The van der Waals surface area contributed by atoms with Crippen LogP contribution in [0.4, 0.5) is 4.39 Å². The molecule has 0 saturated carbocycles. The van der Waals surface area contributed by atoms with Crippen LogP contribution in [-0.2, 0) is 0 Å². The van der Waals surface area contributed by atoms with Crippen molar-refractivity contribution in [1.29, 1.82) is 0 Å². The largest absolute Gasteiger partial charge is 0.336 e. The summed E-state index contributed by atoms with van der Waals surface area (Å²) < 4.78 is 13.6. The highest BCUT2D eigenvalue weighted by molar-refractivity contribution is 6.34. The van der Waals surface area contributed by atoms with Crippen molar-refractivity contribution in [2.24, 2.45) is 0 Å². The number of hydrogen-bond acceptors (Lipinski definition) is 2. The number of amides is 1. The Labute approximate surface area is 129 Å². The molecule has 2 unspecified atom stereocenters. The van der Waals surface area contributed by atoms with Gasteiger partial charge in [0.25, 0.3) is 5.91 Å². The Balaban J connectivity index is 1.82. The molecule has 2 fully saturated rings. The van der Waals surface area contributed by atoms with Crippen molar-refractivity contribution < 1.29 is 9.18 Å². The number of benzene rings is 1. The van der Waals surface area contributed by atoms with Crippen molar-refractivity contribution in [1.82, 2.24) is 10.2 Å². The second-order valence-corrected chi connectivity index (χ2v) is 6.33. The van der Waals surface area contributed by atoms with Gasteiger partial charge >= 0.3 is 0 Å². The molecule has 2 aliphatic rings. The van der Waals surface area contributed by atoms with E-state index >= 15 is 0 Å². The number of halogens is 2. The minimum absolute atomic E-state index is 0.0714. The zero-order valence-corrected chi connectivity index (χ0v) is 12.9. The lowest BCUT2D eigenvalue weighted by Crippen LogP contribution is -2.50. The van der Waals surface area contributed by atoms with E-state index in [0.717, 1.165) is 12.8 Å². The number of nitrogens with zero attached hydrogens (tertiary/aromatic N) is 1. The van der Waals surface area contributed by atoms with Crippen LogP contribution in [0.3, 0.4) is 0 Å². The van der Waals surface area contributed by atoms with Crippen molar-refractivity contribution >= 4 is 17.5 Å². The summed E-state index contributed by atoms with van der Waals surface area (Å²) in [5.41, 5.74) is 0.268. The summed E-state index contributed by atoms with van der Waals surface area (Å²) in [6, 6.07) is 5.67. The first-order valence-electron chi connectivity index (χ1n) is 7.61. The van der Waals surface area contributed by atoms with Gasteiger partial charge in [0, 0.05) is 24.7 Å². The number of fused-ring (bicyclic) bond motifs is 2. The van der Waals surface area contributed by atoms with Gasteiger partial charge < -0.3 is 10.2 Å². The summed E-state index contributed by atoms with van der Waals surface area (Å²) in [4.78, 5) is 14.6. The Morgan fingerprint density at radius 1 is 1.38 bits per heavy atom. The lowest BCUT2D eigenvalue weighted by atomic mass is 9.97. The van der Waals surface area contributed by atoms with Crippen molar-refractivity contribution in [3.63, 3.8) is 0 Å². The van der Waals surface area contributed by atoms with E-state index in [1.165, 1.54) is 25.0 Å². The number of carbonyl (C=O) groups is 1. The number of piperidine rings is 1. The average Bonchev–Trinajstić information content (AvgIpc) is 2.81. The molecule has 1 aromatic rings. The number of carbonyl (C=O) groups excluding carboxylic acids is 1. The molecule has 2 heterocycles. The minimum atomic E-state index is -0.538. The first-order chi connectivity index (χ1) is 10.1. The molecule has 0 radical (unpaired) electrons. The maximum absolute atomic E-state index is 13.6. The van der Waals surface area contributed by atoms with Gasteiger partial charge in [0.05, 0.1) is 10.6 Å². The molecule has 0 aromatic heterocycles. The van der Waals surface area contributed by atoms with E-state index in [-0.39, 0.29) is 22.5 Å². The molecule has 2 atom stereocenters. The molecule has 3 rings (SSSR count). The number of nitrogens with one attached hydrogen (secondary N) is 1. The Morgan fingerprint density at radius 3 is 2.67 bits per heavy atom. The fourth-order valence-corrected chi connectivity index (χ4v) is 3.88. The van der Waals surface area contributed by atoms with Gasteiger partial charge in [-0.25, -0.2) is 4.39 Å². The molecular weight excluding hydrogens is 291 g/mol. The molecule has 1 aromatic carbocycles. The smallest absolute Gasteiger partial charge is 0.255 e. The van der Waals surface area contributed by atoms with E-state index < -0.39 is 5.82 Å². The van der Waals surface area contributed by atoms with Gasteiger partial charge in [-0.15, -0.1) is 0 Å². The average molecular weight is 311 g/mol. The molecule has 3 nitrogen and oxygen atoms in total. The van der Waals surface area contributed by atoms with E-state index in [4.69, 9.17) is 11.6 Å². The summed E-state index contributed by atoms with van der Waals surface area (Å²) in [5, 5.41) is 3.50. The van der Waals surface area contributed by atoms with Gasteiger partial charge in [-0.05, 0) is 44.7 Å². The van der Waals surface area contributed by atoms with Gasteiger partial charge in [0.15, 0.2) is 0 Å². The quantitative estimate of drug-likeness (QED) is 0.929. The predicted molar refractivity (Wildman–Crippen MR) is 81.1 cm³/mol. The molecule has 2 aliphatic heterocycles. The fourth-order valence-electron chi connectivity index (χ4n) is 3.67. The van der Waals surface area contributed by atoms with Gasteiger partial charge in [-0.3, -0.25) is 4.79 Å². The normalized spacial score (nSPS) is 27.7. The molecular formula is C16H20ClFN2O. The van der Waals surface area contributed by atoms with E-state index in [1.54, 1.807) is 6.07 Å². The number of hydrogen-bond donors (Lipinski definition) is 1. The van der Waals surface area contributed by atoms with Crippen molar-refractivity contribution in [3.8, 4) is 0 Å². The van der Waals surface area contributed by atoms with E-state index in [1.807, 2.05) is 11.8 Å². The maximum Gasteiger partial charge on any atom is 0.255 e. The Bertz CT molecular complexity index is 539. The third-order valence-corrected chi connectivity index (χ3v) is 5.06. The van der Waals surface area contributed by atoms with Crippen molar-refractivity contribution in [3.05, 3.63) is 34.6 Å². The zero-order chi connectivity index (χ0) is 15.0. The standard InChI is InChI=1S/C16H20ClFN2O/c1-2-20(12-8-10-6-7-11(9-12)19-10)16(21)13-4-3-5-14(18)15(13)17/h3-5,10-12,19H,2,6-9H2,1H3. The highest BCUT2D eigenvalue weighted by atomic mass is 35.5. The molecule has 0 spiro atoms. The van der Waals surface area contributed by atoms with E-state index in [9.17, 15) is 9.18 Å². The topological polar surface area (TPSA) is 32.3 Å². The van der Waals surface area contributed by atoms with E-state index in [2.05, 4.69) is 5.32 Å². The van der Waals surface area contributed by atoms with Gasteiger partial charge in [-0.2, -0.15) is 0 Å². The zero-order valence-electron chi connectivity index (χ0n) is 12.1. The molecule has 2 saturated heterocycles. The Morgan fingerprint density at radius 2 is 2.05 bits per heavy atom. The highest BCUT2D eigenvalue weighted by Gasteiger charge is 2.37. The van der Waals surface area contributed by atoms with Crippen molar-refractivity contribution in [2.45, 2.75) is 50.7 Å². The van der Waals surface area contributed by atoms with Crippen LogP contribution in [0.15, 0.2) is 18.2 Å². The minimum Gasteiger partial charge on any atom is -0.336 e. The van der Waals surface area contributed by atoms with Gasteiger partial charge in [0.1, 0.15) is 5.82 Å². The second-order valence-electron chi connectivity index (χ2n) is 5.96. The molecule has 1 amide bonds. The van der Waals surface area contributed by atoms with Crippen LogP contribution < -0.4 is 5.32 Å². The SMILES string of the molecule is CCN(C(=O)c1cccc(F)c1Cl)C1CC2CCC(C1)N2. The summed E-state index contributed by atoms with van der Waals surface area (Å²) in [7, 11) is 0. The third kappa shape index (κ3) is 2.79. The second kappa shape index (κ2) is 5.93. The molecule has 2 bridgehead atoms.